The van der Waals surface area contributed by atoms with Gasteiger partial charge in [-0.05, 0) is 16.8 Å². The summed E-state index contributed by atoms with van der Waals surface area (Å²) < 4.78 is 0. The number of nitrogens with one attached hydrogen (secondary N) is 1. The van der Waals surface area contributed by atoms with Gasteiger partial charge in [-0.2, -0.15) is 17.2 Å². The van der Waals surface area contributed by atoms with E-state index in [0.29, 0.717) is 11.3 Å². The van der Waals surface area contributed by atoms with Gasteiger partial charge in [0.25, 0.3) is 0 Å². The second-order valence-corrected chi connectivity index (χ2v) is 7.33. The average Bonchev–Trinajstić information content (AvgIpc) is 2.67. The minimum Gasteiger partial charge on any atom is -0.481 e. The summed E-state index contributed by atoms with van der Waals surface area (Å²) in [5.74, 6) is -2.45. The molecule has 0 saturated heterocycles. The molecule has 7 nitrogen and oxygen atoms in total. The molecule has 2 rings (SSSR count). The molecule has 1 amide bonds. The van der Waals surface area contributed by atoms with Crippen LogP contribution in [0.2, 0.25) is 0 Å². The van der Waals surface area contributed by atoms with Crippen LogP contribution in [-0.2, 0) is 19.2 Å². The second kappa shape index (κ2) is 10.5. The van der Waals surface area contributed by atoms with Crippen LogP contribution in [-0.4, -0.2) is 40.2 Å². The number of hydrogen-bond donors (Lipinski definition) is 2. The first-order chi connectivity index (χ1) is 13.4. The van der Waals surface area contributed by atoms with Crippen molar-refractivity contribution in [3.8, 4) is 0 Å². The number of Topliss-reactive ketones (excluding diaryl/α,β-unsaturated/α-hetero) is 1. The fourth-order valence-corrected chi connectivity index (χ4v) is 3.61. The Morgan fingerprint density at radius 1 is 1.11 bits per heavy atom. The Kier molecular flexibility index (Phi) is 8.01. The molecule has 2 aromatic rings. The summed E-state index contributed by atoms with van der Waals surface area (Å²) in [5.41, 5.74) is 2.41. The summed E-state index contributed by atoms with van der Waals surface area (Å²) in [5, 5.41) is 11.1. The second-order valence-electron chi connectivity index (χ2n) is 6.18. The van der Waals surface area contributed by atoms with Crippen molar-refractivity contribution in [3.05, 3.63) is 48.0 Å². The Morgan fingerprint density at radius 2 is 1.82 bits per heavy atom. The van der Waals surface area contributed by atoms with Crippen molar-refractivity contribution in [1.29, 1.82) is 0 Å². The SMILES string of the molecule is CC(=O)NOC(=O)CCSC[C@H](CC(=O)O)C(=O)c1ccc2ccccc2c1. The molecule has 2 aromatic carbocycles. The van der Waals surface area contributed by atoms with Gasteiger partial charge in [0.2, 0.25) is 5.91 Å². The predicted octanol–water partition coefficient (Wildman–Crippen LogP) is 2.83. The van der Waals surface area contributed by atoms with Crippen LogP contribution in [0.15, 0.2) is 42.5 Å². The molecule has 0 saturated carbocycles. The molecule has 0 fully saturated rings. The van der Waals surface area contributed by atoms with Crippen LogP contribution in [0.3, 0.4) is 0 Å². The maximum absolute atomic E-state index is 12.8. The minimum absolute atomic E-state index is 0.0366. The normalized spacial score (nSPS) is 11.6. The molecule has 0 aliphatic heterocycles. The van der Waals surface area contributed by atoms with Crippen molar-refractivity contribution in [2.75, 3.05) is 11.5 Å². The molecular weight excluding hydrogens is 382 g/mol. The number of fused-ring (bicyclic) bond motifs is 1. The lowest BCUT2D eigenvalue weighted by Crippen LogP contribution is -2.25. The Hall–Kier alpha value is -2.87. The quantitative estimate of drug-likeness (QED) is 0.376. The van der Waals surface area contributed by atoms with E-state index in [-0.39, 0.29) is 24.4 Å². The number of thioether (sulfide) groups is 1. The van der Waals surface area contributed by atoms with E-state index in [0.717, 1.165) is 10.8 Å². The summed E-state index contributed by atoms with van der Waals surface area (Å²) >= 11 is 1.29. The molecule has 0 aromatic heterocycles. The van der Waals surface area contributed by atoms with Gasteiger partial charge in [-0.1, -0.05) is 36.4 Å². The van der Waals surface area contributed by atoms with Crippen LogP contribution in [0, 0.1) is 5.92 Å². The summed E-state index contributed by atoms with van der Waals surface area (Å²) in [4.78, 5) is 50.6. The standard InChI is InChI=1S/C20H21NO6S/c1-13(22)21-27-19(25)8-9-28-12-17(11-18(23)24)20(26)16-7-6-14-4-2-3-5-15(14)10-16/h2-7,10,17H,8-9,11-12H2,1H3,(H,21,22)(H,23,24)/t17-/m0/s1. The van der Waals surface area contributed by atoms with Crippen molar-refractivity contribution in [2.45, 2.75) is 19.8 Å². The highest BCUT2D eigenvalue weighted by Gasteiger charge is 2.23. The third-order valence-corrected chi connectivity index (χ3v) is 5.03. The minimum atomic E-state index is -1.05. The molecule has 28 heavy (non-hydrogen) atoms. The zero-order valence-electron chi connectivity index (χ0n) is 15.3. The van der Waals surface area contributed by atoms with E-state index in [1.165, 1.54) is 18.7 Å². The molecule has 0 radical (unpaired) electrons. The Morgan fingerprint density at radius 3 is 2.50 bits per heavy atom. The van der Waals surface area contributed by atoms with E-state index in [1.54, 1.807) is 12.1 Å². The van der Waals surface area contributed by atoms with Crippen LogP contribution in [0.25, 0.3) is 10.8 Å². The van der Waals surface area contributed by atoms with E-state index in [1.807, 2.05) is 35.8 Å². The number of carbonyl (C=O) groups is 4. The van der Waals surface area contributed by atoms with Crippen molar-refractivity contribution < 1.29 is 29.1 Å². The fraction of sp³-hybridized carbons (Fsp3) is 0.300. The molecule has 0 spiro atoms. The monoisotopic (exact) mass is 403 g/mol. The van der Waals surface area contributed by atoms with Gasteiger partial charge in [-0.3, -0.25) is 14.4 Å². The first-order valence-electron chi connectivity index (χ1n) is 8.65. The molecule has 8 heteroatoms. The average molecular weight is 403 g/mol. The van der Waals surface area contributed by atoms with Gasteiger partial charge in [0.05, 0.1) is 12.8 Å². The lowest BCUT2D eigenvalue weighted by molar-refractivity contribution is -0.157. The summed E-state index contributed by atoms with van der Waals surface area (Å²) in [6, 6.07) is 12.9. The number of aliphatic carboxylic acids is 1. The highest BCUT2D eigenvalue weighted by Crippen LogP contribution is 2.22. The number of carboxylic acid groups (broad SMARTS) is 1. The zero-order valence-corrected chi connectivity index (χ0v) is 16.2. The molecule has 148 valence electrons. The molecule has 0 aliphatic rings. The molecule has 0 heterocycles. The maximum Gasteiger partial charge on any atom is 0.333 e. The van der Waals surface area contributed by atoms with E-state index in [4.69, 9.17) is 5.11 Å². The van der Waals surface area contributed by atoms with Crippen LogP contribution >= 0.6 is 11.8 Å². The van der Waals surface area contributed by atoms with Crippen LogP contribution in [0.1, 0.15) is 30.1 Å². The number of ketones is 1. The van der Waals surface area contributed by atoms with E-state index in [9.17, 15) is 19.2 Å². The lowest BCUT2D eigenvalue weighted by atomic mass is 9.94. The van der Waals surface area contributed by atoms with Crippen molar-refractivity contribution in [2.24, 2.45) is 5.92 Å². The molecular formula is C20H21NO6S. The smallest absolute Gasteiger partial charge is 0.333 e. The third-order valence-electron chi connectivity index (χ3n) is 3.90. The highest BCUT2D eigenvalue weighted by molar-refractivity contribution is 7.99. The van der Waals surface area contributed by atoms with Crippen molar-refractivity contribution in [1.82, 2.24) is 5.48 Å². The van der Waals surface area contributed by atoms with E-state index < -0.39 is 23.8 Å². The van der Waals surface area contributed by atoms with Crippen LogP contribution < -0.4 is 5.48 Å². The van der Waals surface area contributed by atoms with Crippen LogP contribution in [0.5, 0.6) is 0 Å². The number of amides is 1. The van der Waals surface area contributed by atoms with Crippen molar-refractivity contribution >= 4 is 46.2 Å². The first-order valence-corrected chi connectivity index (χ1v) is 9.81. The van der Waals surface area contributed by atoms with Crippen molar-refractivity contribution in [3.63, 3.8) is 0 Å². The number of benzene rings is 2. The van der Waals surface area contributed by atoms with E-state index >= 15 is 0 Å². The van der Waals surface area contributed by atoms with Gasteiger partial charge in [-0.15, -0.1) is 0 Å². The summed E-state index contributed by atoms with van der Waals surface area (Å²) in [7, 11) is 0. The Bertz CT molecular complexity index is 882. The van der Waals surface area contributed by atoms with E-state index in [2.05, 4.69) is 4.84 Å². The van der Waals surface area contributed by atoms with Gasteiger partial charge in [-0.25, -0.2) is 4.79 Å². The van der Waals surface area contributed by atoms with Gasteiger partial charge < -0.3 is 9.94 Å². The molecule has 0 aliphatic carbocycles. The Balaban J connectivity index is 1.95. The summed E-state index contributed by atoms with van der Waals surface area (Å²) in [6.45, 7) is 1.22. The topological polar surface area (TPSA) is 110 Å². The first kappa shape index (κ1) is 21.4. The largest absolute Gasteiger partial charge is 0.481 e. The van der Waals surface area contributed by atoms with Gasteiger partial charge in [0, 0.05) is 29.9 Å². The molecule has 0 bridgehead atoms. The number of carbonyl (C=O) groups excluding carboxylic acids is 3. The number of hydroxylamine groups is 1. The predicted molar refractivity (Wildman–Crippen MR) is 106 cm³/mol. The third kappa shape index (κ3) is 6.70. The fourth-order valence-electron chi connectivity index (χ4n) is 2.58. The molecule has 2 N–H and O–H groups in total. The highest BCUT2D eigenvalue weighted by atomic mass is 32.2. The molecule has 0 unspecified atom stereocenters. The number of carboxylic acids is 1. The maximum atomic E-state index is 12.8. The number of rotatable bonds is 9. The van der Waals surface area contributed by atoms with Crippen LogP contribution in [0.4, 0.5) is 0 Å². The Labute approximate surface area is 166 Å². The number of hydrogen-bond acceptors (Lipinski definition) is 6. The lowest BCUT2D eigenvalue weighted by Gasteiger charge is -2.14. The summed E-state index contributed by atoms with van der Waals surface area (Å²) in [6.07, 6.45) is -0.246. The zero-order chi connectivity index (χ0) is 20.5. The van der Waals surface area contributed by atoms with Gasteiger partial charge in [0.1, 0.15) is 0 Å². The molecule has 1 atom stereocenters. The van der Waals surface area contributed by atoms with Gasteiger partial charge >= 0.3 is 11.9 Å². The van der Waals surface area contributed by atoms with Gasteiger partial charge in [0.15, 0.2) is 5.78 Å².